The summed E-state index contributed by atoms with van der Waals surface area (Å²) in [5, 5.41) is 0. The van der Waals surface area contributed by atoms with Crippen LogP contribution in [0.2, 0.25) is 0 Å². The first kappa shape index (κ1) is 13.8. The van der Waals surface area contributed by atoms with Crippen LogP contribution in [0.15, 0.2) is 36.8 Å². The second-order valence-electron chi connectivity index (χ2n) is 5.61. The fraction of sp³-hybridized carbons (Fsp3) is 0.438. The lowest BCUT2D eigenvalue weighted by molar-refractivity contribution is 0.488. The molecule has 0 amide bonds. The SMILES string of the molecule is Cc1ccccc1Cn1cncc1C(N)CC(C)C. The molecule has 1 heterocycles. The van der Waals surface area contributed by atoms with E-state index in [9.17, 15) is 0 Å². The average Bonchev–Trinajstić information content (AvgIpc) is 2.79. The highest BCUT2D eigenvalue weighted by atomic mass is 15.1. The lowest BCUT2D eigenvalue weighted by Crippen LogP contribution is -2.17. The molecule has 0 aliphatic rings. The van der Waals surface area contributed by atoms with E-state index in [1.54, 1.807) is 0 Å². The first-order valence-corrected chi connectivity index (χ1v) is 6.88. The largest absolute Gasteiger partial charge is 0.329 e. The molecule has 2 N–H and O–H groups in total. The molecule has 1 unspecified atom stereocenters. The minimum absolute atomic E-state index is 0.0616. The van der Waals surface area contributed by atoms with Gasteiger partial charge in [0.2, 0.25) is 0 Å². The first-order chi connectivity index (χ1) is 9.08. The van der Waals surface area contributed by atoms with Crippen molar-refractivity contribution in [2.45, 2.75) is 39.8 Å². The van der Waals surface area contributed by atoms with Crippen LogP contribution in [0.25, 0.3) is 0 Å². The zero-order chi connectivity index (χ0) is 13.8. The minimum atomic E-state index is 0.0616. The fourth-order valence-corrected chi connectivity index (χ4v) is 2.37. The molecular formula is C16H23N3. The van der Waals surface area contributed by atoms with E-state index in [0.29, 0.717) is 5.92 Å². The number of hydrogen-bond donors (Lipinski definition) is 1. The first-order valence-electron chi connectivity index (χ1n) is 6.88. The lowest BCUT2D eigenvalue weighted by Gasteiger charge is -2.17. The summed E-state index contributed by atoms with van der Waals surface area (Å²) in [7, 11) is 0. The summed E-state index contributed by atoms with van der Waals surface area (Å²) < 4.78 is 2.16. The van der Waals surface area contributed by atoms with Crippen LogP contribution in [0.3, 0.4) is 0 Å². The Labute approximate surface area is 115 Å². The molecule has 1 aromatic carbocycles. The van der Waals surface area contributed by atoms with Gasteiger partial charge in [0.25, 0.3) is 0 Å². The summed E-state index contributed by atoms with van der Waals surface area (Å²) in [6, 6.07) is 8.50. The van der Waals surface area contributed by atoms with E-state index in [1.165, 1.54) is 11.1 Å². The van der Waals surface area contributed by atoms with Gasteiger partial charge in [0.05, 0.1) is 12.0 Å². The van der Waals surface area contributed by atoms with E-state index in [-0.39, 0.29) is 6.04 Å². The second kappa shape index (κ2) is 6.02. The van der Waals surface area contributed by atoms with Crippen LogP contribution in [0.4, 0.5) is 0 Å². The summed E-state index contributed by atoms with van der Waals surface area (Å²) >= 11 is 0. The second-order valence-corrected chi connectivity index (χ2v) is 5.61. The molecule has 2 aromatic rings. The van der Waals surface area contributed by atoms with E-state index >= 15 is 0 Å². The number of aromatic nitrogens is 2. The van der Waals surface area contributed by atoms with Gasteiger partial charge >= 0.3 is 0 Å². The van der Waals surface area contributed by atoms with Gasteiger partial charge in [-0.15, -0.1) is 0 Å². The Balaban J connectivity index is 2.18. The molecule has 1 atom stereocenters. The average molecular weight is 257 g/mol. The van der Waals surface area contributed by atoms with Crippen LogP contribution in [-0.2, 0) is 6.54 Å². The van der Waals surface area contributed by atoms with E-state index < -0.39 is 0 Å². The van der Waals surface area contributed by atoms with E-state index in [2.05, 4.69) is 54.6 Å². The van der Waals surface area contributed by atoms with Gasteiger partial charge < -0.3 is 10.3 Å². The number of imidazole rings is 1. The molecule has 0 fully saturated rings. The highest BCUT2D eigenvalue weighted by Gasteiger charge is 2.13. The van der Waals surface area contributed by atoms with Crippen LogP contribution >= 0.6 is 0 Å². The number of rotatable bonds is 5. The fourth-order valence-electron chi connectivity index (χ4n) is 2.37. The maximum Gasteiger partial charge on any atom is 0.0951 e. The molecule has 0 aliphatic carbocycles. The molecule has 0 saturated heterocycles. The lowest BCUT2D eigenvalue weighted by atomic mass is 10.0. The van der Waals surface area contributed by atoms with Gasteiger partial charge in [-0.1, -0.05) is 38.1 Å². The molecule has 0 aliphatic heterocycles. The quantitative estimate of drug-likeness (QED) is 0.893. The van der Waals surface area contributed by atoms with Crippen molar-refractivity contribution in [3.05, 3.63) is 53.6 Å². The third-order valence-electron chi connectivity index (χ3n) is 3.45. The number of nitrogens with zero attached hydrogens (tertiary/aromatic N) is 2. The number of nitrogens with two attached hydrogens (primary N) is 1. The maximum atomic E-state index is 6.27. The summed E-state index contributed by atoms with van der Waals surface area (Å²) in [4.78, 5) is 4.26. The van der Waals surface area contributed by atoms with Gasteiger partial charge in [-0.3, -0.25) is 0 Å². The highest BCUT2D eigenvalue weighted by molar-refractivity contribution is 5.26. The third-order valence-corrected chi connectivity index (χ3v) is 3.45. The van der Waals surface area contributed by atoms with Crippen molar-refractivity contribution in [1.29, 1.82) is 0 Å². The Bertz CT molecular complexity index is 528. The van der Waals surface area contributed by atoms with Gasteiger partial charge in [-0.05, 0) is 30.4 Å². The molecule has 0 bridgehead atoms. The monoisotopic (exact) mass is 257 g/mol. The van der Waals surface area contributed by atoms with Crippen molar-refractivity contribution >= 4 is 0 Å². The molecule has 19 heavy (non-hydrogen) atoms. The molecule has 0 saturated carbocycles. The predicted molar refractivity (Wildman–Crippen MR) is 78.9 cm³/mol. The van der Waals surface area contributed by atoms with Crippen LogP contribution in [0.5, 0.6) is 0 Å². The predicted octanol–water partition coefficient (Wildman–Crippen LogP) is 3.29. The molecule has 3 heteroatoms. The third kappa shape index (κ3) is 3.44. The van der Waals surface area contributed by atoms with E-state index in [1.807, 2.05) is 12.5 Å². The van der Waals surface area contributed by atoms with Crippen LogP contribution in [0, 0.1) is 12.8 Å². The summed E-state index contributed by atoms with van der Waals surface area (Å²) in [5.41, 5.74) is 10.0. The van der Waals surface area contributed by atoms with Gasteiger partial charge in [0.1, 0.15) is 0 Å². The Morgan fingerprint density at radius 3 is 2.68 bits per heavy atom. The van der Waals surface area contributed by atoms with E-state index in [4.69, 9.17) is 5.73 Å². The topological polar surface area (TPSA) is 43.8 Å². The molecule has 3 nitrogen and oxygen atoms in total. The number of aryl methyl sites for hydroxylation is 1. The molecular weight excluding hydrogens is 234 g/mol. The van der Waals surface area contributed by atoms with E-state index in [0.717, 1.165) is 18.7 Å². The highest BCUT2D eigenvalue weighted by Crippen LogP contribution is 2.20. The summed E-state index contributed by atoms with van der Waals surface area (Å²) in [6.07, 6.45) is 4.76. The smallest absolute Gasteiger partial charge is 0.0951 e. The minimum Gasteiger partial charge on any atom is -0.329 e. The van der Waals surface area contributed by atoms with Crippen molar-refractivity contribution in [1.82, 2.24) is 9.55 Å². The Morgan fingerprint density at radius 2 is 2.00 bits per heavy atom. The molecule has 1 aromatic heterocycles. The molecule has 0 spiro atoms. The van der Waals surface area contributed by atoms with Gasteiger partial charge in [0, 0.05) is 18.8 Å². The standard InChI is InChI=1S/C16H23N3/c1-12(2)8-15(17)16-9-18-11-19(16)10-14-7-5-4-6-13(14)3/h4-7,9,11-12,15H,8,10,17H2,1-3H3. The van der Waals surface area contributed by atoms with Gasteiger partial charge in [-0.2, -0.15) is 0 Å². The van der Waals surface area contributed by atoms with Gasteiger partial charge in [0.15, 0.2) is 0 Å². The maximum absolute atomic E-state index is 6.27. The van der Waals surface area contributed by atoms with Crippen molar-refractivity contribution in [3.8, 4) is 0 Å². The normalized spacial score (nSPS) is 12.9. The van der Waals surface area contributed by atoms with Crippen molar-refractivity contribution in [3.63, 3.8) is 0 Å². The molecule has 2 rings (SSSR count). The van der Waals surface area contributed by atoms with Crippen molar-refractivity contribution in [2.75, 3.05) is 0 Å². The summed E-state index contributed by atoms with van der Waals surface area (Å²) in [5.74, 6) is 0.594. The Kier molecular flexibility index (Phi) is 4.38. The zero-order valence-corrected chi connectivity index (χ0v) is 12.0. The number of benzene rings is 1. The zero-order valence-electron chi connectivity index (χ0n) is 12.0. The number of hydrogen-bond acceptors (Lipinski definition) is 2. The molecule has 102 valence electrons. The van der Waals surface area contributed by atoms with Crippen molar-refractivity contribution < 1.29 is 0 Å². The Morgan fingerprint density at radius 1 is 1.26 bits per heavy atom. The van der Waals surface area contributed by atoms with Gasteiger partial charge in [-0.25, -0.2) is 4.98 Å². The Hall–Kier alpha value is -1.61. The van der Waals surface area contributed by atoms with Crippen LogP contribution < -0.4 is 5.73 Å². The van der Waals surface area contributed by atoms with Crippen molar-refractivity contribution in [2.24, 2.45) is 11.7 Å². The van der Waals surface area contributed by atoms with Crippen LogP contribution in [0.1, 0.15) is 43.1 Å². The summed E-state index contributed by atoms with van der Waals surface area (Å²) in [6.45, 7) is 7.37. The van der Waals surface area contributed by atoms with Crippen LogP contribution in [-0.4, -0.2) is 9.55 Å². The molecule has 0 radical (unpaired) electrons.